The van der Waals surface area contributed by atoms with Gasteiger partial charge in [0.15, 0.2) is 0 Å². The first-order valence-electron chi connectivity index (χ1n) is 8.33. The zero-order chi connectivity index (χ0) is 15.1. The molecule has 0 aliphatic carbocycles. The summed E-state index contributed by atoms with van der Waals surface area (Å²) in [6.45, 7) is 8.07. The predicted molar refractivity (Wildman–Crippen MR) is 89.7 cm³/mol. The van der Waals surface area contributed by atoms with Gasteiger partial charge in [0.1, 0.15) is 0 Å². The van der Waals surface area contributed by atoms with Gasteiger partial charge in [-0.1, -0.05) is 32.0 Å². The molecule has 2 atom stereocenters. The van der Waals surface area contributed by atoms with Gasteiger partial charge in [-0.2, -0.15) is 0 Å². The summed E-state index contributed by atoms with van der Waals surface area (Å²) in [5.41, 5.74) is 1.30. The minimum atomic E-state index is 0.298. The minimum absolute atomic E-state index is 0.298. The molecule has 1 heterocycles. The van der Waals surface area contributed by atoms with Crippen molar-refractivity contribution in [3.63, 3.8) is 0 Å². The highest BCUT2D eigenvalue weighted by Crippen LogP contribution is 2.25. The predicted octanol–water partition coefficient (Wildman–Crippen LogP) is 2.90. The third kappa shape index (κ3) is 5.33. The summed E-state index contributed by atoms with van der Waals surface area (Å²) < 4.78 is 0. The van der Waals surface area contributed by atoms with Crippen LogP contribution in [0.5, 0.6) is 0 Å². The van der Waals surface area contributed by atoms with E-state index >= 15 is 0 Å². The molecule has 21 heavy (non-hydrogen) atoms. The number of nitrogens with zero attached hydrogens (tertiary/aromatic N) is 1. The van der Waals surface area contributed by atoms with Gasteiger partial charge in [0.25, 0.3) is 0 Å². The molecule has 0 radical (unpaired) electrons. The number of hydrogen-bond acceptors (Lipinski definition) is 3. The smallest absolute Gasteiger partial charge is 0.0434 e. The SMILES string of the molecule is CC(C)CCNC1CC(CCO)CN(c2ccccc2)C1. The molecule has 2 N–H and O–H groups in total. The van der Waals surface area contributed by atoms with Gasteiger partial charge in [0, 0.05) is 31.4 Å². The maximum Gasteiger partial charge on any atom is 0.0434 e. The molecular formula is C18H30N2O. The normalized spacial score (nSPS) is 22.8. The fraction of sp³-hybridized carbons (Fsp3) is 0.667. The van der Waals surface area contributed by atoms with E-state index in [4.69, 9.17) is 0 Å². The van der Waals surface area contributed by atoms with Crippen LogP contribution in [-0.2, 0) is 0 Å². The molecule has 3 heteroatoms. The number of aliphatic hydroxyl groups is 1. The van der Waals surface area contributed by atoms with Crippen LogP contribution in [0.15, 0.2) is 30.3 Å². The van der Waals surface area contributed by atoms with E-state index in [2.05, 4.69) is 54.4 Å². The lowest BCUT2D eigenvalue weighted by molar-refractivity contribution is 0.230. The molecule has 1 fully saturated rings. The lowest BCUT2D eigenvalue weighted by Crippen LogP contribution is -2.49. The average molecular weight is 290 g/mol. The third-order valence-electron chi connectivity index (χ3n) is 4.35. The maximum atomic E-state index is 9.27. The van der Waals surface area contributed by atoms with Crippen molar-refractivity contribution >= 4 is 5.69 Å². The second-order valence-corrected chi connectivity index (χ2v) is 6.69. The van der Waals surface area contributed by atoms with E-state index in [0.717, 1.165) is 32.0 Å². The first-order valence-corrected chi connectivity index (χ1v) is 8.33. The Morgan fingerprint density at radius 2 is 2.00 bits per heavy atom. The molecule has 0 bridgehead atoms. The largest absolute Gasteiger partial charge is 0.396 e. The summed E-state index contributed by atoms with van der Waals surface area (Å²) in [6, 6.07) is 11.2. The first-order chi connectivity index (χ1) is 10.2. The van der Waals surface area contributed by atoms with Crippen LogP contribution in [0.25, 0.3) is 0 Å². The van der Waals surface area contributed by atoms with Crippen molar-refractivity contribution in [2.24, 2.45) is 11.8 Å². The molecule has 1 aromatic rings. The molecule has 2 unspecified atom stereocenters. The van der Waals surface area contributed by atoms with Gasteiger partial charge < -0.3 is 15.3 Å². The highest BCUT2D eigenvalue weighted by Gasteiger charge is 2.26. The molecule has 0 spiro atoms. The molecule has 0 saturated carbocycles. The summed E-state index contributed by atoms with van der Waals surface area (Å²) in [7, 11) is 0. The number of hydrogen-bond donors (Lipinski definition) is 2. The van der Waals surface area contributed by atoms with Gasteiger partial charge in [-0.25, -0.2) is 0 Å². The molecule has 2 rings (SSSR count). The van der Waals surface area contributed by atoms with Crippen LogP contribution in [0.2, 0.25) is 0 Å². The average Bonchev–Trinajstić information content (AvgIpc) is 2.48. The number of para-hydroxylation sites is 1. The van der Waals surface area contributed by atoms with E-state index in [0.29, 0.717) is 18.6 Å². The van der Waals surface area contributed by atoms with Crippen molar-refractivity contribution in [2.45, 2.75) is 39.2 Å². The Labute approximate surface area is 129 Å². The Balaban J connectivity index is 1.95. The number of aliphatic hydroxyl groups excluding tert-OH is 1. The highest BCUT2D eigenvalue weighted by molar-refractivity contribution is 5.46. The monoisotopic (exact) mass is 290 g/mol. The number of rotatable bonds is 7. The topological polar surface area (TPSA) is 35.5 Å². The molecule has 0 amide bonds. The van der Waals surface area contributed by atoms with E-state index in [1.165, 1.54) is 18.5 Å². The number of anilines is 1. The van der Waals surface area contributed by atoms with E-state index in [1.807, 2.05) is 0 Å². The number of benzene rings is 1. The van der Waals surface area contributed by atoms with Crippen molar-refractivity contribution in [3.05, 3.63) is 30.3 Å². The van der Waals surface area contributed by atoms with Gasteiger partial charge in [-0.3, -0.25) is 0 Å². The van der Waals surface area contributed by atoms with Gasteiger partial charge >= 0.3 is 0 Å². The summed E-state index contributed by atoms with van der Waals surface area (Å²) >= 11 is 0. The van der Waals surface area contributed by atoms with E-state index in [-0.39, 0.29) is 0 Å². The van der Waals surface area contributed by atoms with Crippen LogP contribution >= 0.6 is 0 Å². The molecule has 1 saturated heterocycles. The van der Waals surface area contributed by atoms with Crippen LogP contribution in [-0.4, -0.2) is 37.4 Å². The summed E-state index contributed by atoms with van der Waals surface area (Å²) in [4.78, 5) is 2.47. The molecule has 0 aromatic heterocycles. The van der Waals surface area contributed by atoms with Crippen LogP contribution in [0.1, 0.15) is 33.1 Å². The summed E-state index contributed by atoms with van der Waals surface area (Å²) in [5, 5.41) is 13.0. The second kappa shape index (κ2) is 8.40. The zero-order valence-electron chi connectivity index (χ0n) is 13.5. The Morgan fingerprint density at radius 1 is 1.24 bits per heavy atom. The molecule has 1 aliphatic rings. The van der Waals surface area contributed by atoms with Gasteiger partial charge in [0.05, 0.1) is 0 Å². The highest BCUT2D eigenvalue weighted by atomic mass is 16.3. The second-order valence-electron chi connectivity index (χ2n) is 6.69. The standard InChI is InChI=1S/C18H30N2O/c1-15(2)8-10-19-17-12-16(9-11-21)13-20(14-17)18-6-4-3-5-7-18/h3-7,15-17,19,21H,8-14H2,1-2H3. The minimum Gasteiger partial charge on any atom is -0.396 e. The van der Waals surface area contributed by atoms with Crippen LogP contribution in [0.3, 0.4) is 0 Å². The number of nitrogens with one attached hydrogen (secondary N) is 1. The fourth-order valence-electron chi connectivity index (χ4n) is 3.17. The number of piperidine rings is 1. The first kappa shape index (κ1) is 16.3. The van der Waals surface area contributed by atoms with Gasteiger partial charge in [-0.05, 0) is 49.8 Å². The van der Waals surface area contributed by atoms with E-state index < -0.39 is 0 Å². The van der Waals surface area contributed by atoms with Crippen LogP contribution in [0, 0.1) is 11.8 Å². The fourth-order valence-corrected chi connectivity index (χ4v) is 3.17. The quantitative estimate of drug-likeness (QED) is 0.810. The van der Waals surface area contributed by atoms with Gasteiger partial charge in [-0.15, -0.1) is 0 Å². The van der Waals surface area contributed by atoms with Crippen molar-refractivity contribution in [3.8, 4) is 0 Å². The van der Waals surface area contributed by atoms with Crippen LogP contribution < -0.4 is 10.2 Å². The lowest BCUT2D eigenvalue weighted by Gasteiger charge is -2.39. The Bertz CT molecular complexity index is 393. The summed E-state index contributed by atoms with van der Waals surface area (Å²) in [6.07, 6.45) is 3.32. The van der Waals surface area contributed by atoms with Crippen LogP contribution in [0.4, 0.5) is 5.69 Å². The third-order valence-corrected chi connectivity index (χ3v) is 4.35. The molecule has 3 nitrogen and oxygen atoms in total. The van der Waals surface area contributed by atoms with Crippen molar-refractivity contribution in [1.29, 1.82) is 0 Å². The molecular weight excluding hydrogens is 260 g/mol. The van der Waals surface area contributed by atoms with Crippen molar-refractivity contribution in [1.82, 2.24) is 5.32 Å². The van der Waals surface area contributed by atoms with E-state index in [1.54, 1.807) is 0 Å². The zero-order valence-corrected chi connectivity index (χ0v) is 13.5. The Hall–Kier alpha value is -1.06. The lowest BCUT2D eigenvalue weighted by atomic mass is 9.91. The molecule has 1 aliphatic heterocycles. The molecule has 118 valence electrons. The Morgan fingerprint density at radius 3 is 2.67 bits per heavy atom. The molecule has 1 aromatic carbocycles. The Kier molecular flexibility index (Phi) is 6.52. The summed E-state index contributed by atoms with van der Waals surface area (Å²) in [5.74, 6) is 1.33. The van der Waals surface area contributed by atoms with Gasteiger partial charge in [0.2, 0.25) is 0 Å². The maximum absolute atomic E-state index is 9.27. The van der Waals surface area contributed by atoms with E-state index in [9.17, 15) is 5.11 Å². The van der Waals surface area contributed by atoms with Crippen molar-refractivity contribution < 1.29 is 5.11 Å². The van der Waals surface area contributed by atoms with Crippen molar-refractivity contribution in [2.75, 3.05) is 31.1 Å².